The first-order chi connectivity index (χ1) is 9.63. The van der Waals surface area contributed by atoms with E-state index in [2.05, 4.69) is 15.4 Å². The van der Waals surface area contributed by atoms with Gasteiger partial charge in [0.15, 0.2) is 0 Å². The fourth-order valence-corrected chi connectivity index (χ4v) is 2.29. The van der Waals surface area contributed by atoms with Gasteiger partial charge in [-0.15, -0.1) is 0 Å². The van der Waals surface area contributed by atoms with E-state index in [1.807, 2.05) is 50.5 Å². The molecule has 0 fully saturated rings. The topological polar surface area (TPSA) is 62.7 Å². The van der Waals surface area contributed by atoms with Crippen LogP contribution in [-0.4, -0.2) is 14.8 Å². The molecule has 1 aromatic carbocycles. The summed E-state index contributed by atoms with van der Waals surface area (Å²) in [5.41, 5.74) is 3.38. The number of nitrogens with zero attached hydrogens (tertiary/aromatic N) is 2. The molecule has 0 saturated carbocycles. The van der Waals surface area contributed by atoms with E-state index in [1.165, 1.54) is 0 Å². The van der Waals surface area contributed by atoms with Crippen molar-refractivity contribution >= 4 is 16.6 Å². The maximum atomic E-state index is 12.0. The Morgan fingerprint density at radius 3 is 2.90 bits per heavy atom. The highest BCUT2D eigenvalue weighted by Gasteiger charge is 2.05. The van der Waals surface area contributed by atoms with Crippen LogP contribution in [0.15, 0.2) is 41.3 Å². The van der Waals surface area contributed by atoms with Crippen molar-refractivity contribution in [2.75, 3.05) is 5.32 Å². The number of fused-ring (bicyclic) bond motifs is 1. The van der Waals surface area contributed by atoms with Crippen LogP contribution in [-0.2, 0) is 13.6 Å². The molecule has 3 aromatic rings. The van der Waals surface area contributed by atoms with Gasteiger partial charge in [-0.2, -0.15) is 5.10 Å². The average molecular weight is 268 g/mol. The van der Waals surface area contributed by atoms with Gasteiger partial charge in [0.1, 0.15) is 0 Å². The molecule has 0 unspecified atom stereocenters. The molecule has 0 atom stereocenters. The fraction of sp³-hybridized carbons (Fsp3) is 0.200. The Morgan fingerprint density at radius 1 is 1.35 bits per heavy atom. The van der Waals surface area contributed by atoms with Crippen molar-refractivity contribution in [1.29, 1.82) is 0 Å². The summed E-state index contributed by atoms with van der Waals surface area (Å²) in [6.07, 6.45) is 1.91. The van der Waals surface area contributed by atoms with Crippen LogP contribution < -0.4 is 10.9 Å². The van der Waals surface area contributed by atoms with Crippen LogP contribution in [0.4, 0.5) is 5.69 Å². The first kappa shape index (κ1) is 12.5. The summed E-state index contributed by atoms with van der Waals surface area (Å²) < 4.78 is 1.75. The molecule has 3 rings (SSSR count). The van der Waals surface area contributed by atoms with Crippen molar-refractivity contribution in [3.05, 3.63) is 58.1 Å². The summed E-state index contributed by atoms with van der Waals surface area (Å²) in [5.74, 6) is 0. The highest BCUT2D eigenvalue weighted by atomic mass is 16.1. The van der Waals surface area contributed by atoms with Crippen LogP contribution in [0.2, 0.25) is 0 Å². The van der Waals surface area contributed by atoms with Gasteiger partial charge >= 0.3 is 0 Å². The maximum absolute atomic E-state index is 12.0. The molecule has 2 N–H and O–H groups in total. The quantitative estimate of drug-likeness (QED) is 0.765. The first-order valence-electron chi connectivity index (χ1n) is 6.48. The molecule has 0 aliphatic heterocycles. The SMILES string of the molecule is Cc1nn(C)cc1NCc1cc2ccccc2[nH]c1=O. The van der Waals surface area contributed by atoms with Crippen molar-refractivity contribution in [3.8, 4) is 0 Å². The monoisotopic (exact) mass is 268 g/mol. The summed E-state index contributed by atoms with van der Waals surface area (Å²) in [6.45, 7) is 2.42. The normalized spacial score (nSPS) is 10.9. The lowest BCUT2D eigenvalue weighted by Gasteiger charge is -2.05. The number of hydrogen-bond donors (Lipinski definition) is 2. The minimum absolute atomic E-state index is 0.0576. The highest BCUT2D eigenvalue weighted by Crippen LogP contribution is 2.14. The fourth-order valence-electron chi connectivity index (χ4n) is 2.29. The molecule has 102 valence electrons. The Labute approximate surface area is 116 Å². The van der Waals surface area contributed by atoms with Gasteiger partial charge in [-0.25, -0.2) is 0 Å². The lowest BCUT2D eigenvalue weighted by atomic mass is 10.1. The molecule has 0 bridgehead atoms. The van der Waals surface area contributed by atoms with Crippen LogP contribution >= 0.6 is 0 Å². The number of rotatable bonds is 3. The predicted molar refractivity (Wildman–Crippen MR) is 79.8 cm³/mol. The van der Waals surface area contributed by atoms with Gasteiger partial charge in [0, 0.05) is 30.9 Å². The van der Waals surface area contributed by atoms with E-state index >= 15 is 0 Å². The minimum Gasteiger partial charge on any atom is -0.378 e. The first-order valence-corrected chi connectivity index (χ1v) is 6.48. The van der Waals surface area contributed by atoms with E-state index in [0.717, 1.165) is 22.3 Å². The number of nitrogens with one attached hydrogen (secondary N) is 2. The van der Waals surface area contributed by atoms with E-state index in [-0.39, 0.29) is 5.56 Å². The van der Waals surface area contributed by atoms with Gasteiger partial charge in [-0.3, -0.25) is 9.48 Å². The van der Waals surface area contributed by atoms with Gasteiger partial charge in [0.2, 0.25) is 0 Å². The highest BCUT2D eigenvalue weighted by molar-refractivity contribution is 5.78. The second kappa shape index (κ2) is 4.85. The number of pyridine rings is 1. The molecule has 0 spiro atoms. The van der Waals surface area contributed by atoms with Gasteiger partial charge in [0.25, 0.3) is 5.56 Å². The van der Waals surface area contributed by atoms with Gasteiger partial charge in [0.05, 0.1) is 11.4 Å². The minimum atomic E-state index is -0.0576. The molecule has 0 amide bonds. The Morgan fingerprint density at radius 2 is 2.15 bits per heavy atom. The summed E-state index contributed by atoms with van der Waals surface area (Å²) in [5, 5.41) is 8.55. The van der Waals surface area contributed by atoms with Crippen molar-refractivity contribution in [2.45, 2.75) is 13.5 Å². The number of anilines is 1. The third-order valence-electron chi connectivity index (χ3n) is 3.31. The zero-order chi connectivity index (χ0) is 14.1. The van der Waals surface area contributed by atoms with E-state index < -0.39 is 0 Å². The van der Waals surface area contributed by atoms with E-state index in [1.54, 1.807) is 4.68 Å². The molecule has 0 aliphatic rings. The lowest BCUT2D eigenvalue weighted by Crippen LogP contribution is -2.15. The summed E-state index contributed by atoms with van der Waals surface area (Å²) >= 11 is 0. The number of benzene rings is 1. The second-order valence-corrected chi connectivity index (χ2v) is 4.87. The van der Waals surface area contributed by atoms with E-state index in [9.17, 15) is 4.79 Å². The Balaban J connectivity index is 1.89. The van der Waals surface area contributed by atoms with Crippen LogP contribution in [0.5, 0.6) is 0 Å². The molecule has 0 aliphatic carbocycles. The average Bonchev–Trinajstić information content (AvgIpc) is 2.74. The van der Waals surface area contributed by atoms with Crippen molar-refractivity contribution in [1.82, 2.24) is 14.8 Å². The molecular weight excluding hydrogens is 252 g/mol. The summed E-state index contributed by atoms with van der Waals surface area (Å²) in [7, 11) is 1.88. The number of para-hydroxylation sites is 1. The zero-order valence-electron chi connectivity index (χ0n) is 11.5. The van der Waals surface area contributed by atoms with Crippen molar-refractivity contribution in [2.24, 2.45) is 7.05 Å². The molecule has 0 saturated heterocycles. The molecule has 2 heterocycles. The lowest BCUT2D eigenvalue weighted by molar-refractivity contribution is 0.756. The van der Waals surface area contributed by atoms with Crippen LogP contribution in [0.25, 0.3) is 10.9 Å². The standard InChI is InChI=1S/C15H16N4O/c1-10-14(9-19(2)18-10)16-8-12-7-11-5-3-4-6-13(11)17-15(12)20/h3-7,9,16H,8H2,1-2H3,(H,17,20). The predicted octanol–water partition coefficient (Wildman–Crippen LogP) is 2.18. The van der Waals surface area contributed by atoms with E-state index in [4.69, 9.17) is 0 Å². The number of aromatic nitrogens is 3. The van der Waals surface area contributed by atoms with Crippen LogP contribution in [0.3, 0.4) is 0 Å². The Hall–Kier alpha value is -2.56. The molecule has 2 aromatic heterocycles. The van der Waals surface area contributed by atoms with Gasteiger partial charge in [-0.05, 0) is 24.4 Å². The number of H-pyrrole nitrogens is 1. The summed E-state index contributed by atoms with van der Waals surface area (Å²) in [6, 6.07) is 9.69. The summed E-state index contributed by atoms with van der Waals surface area (Å²) in [4.78, 5) is 14.9. The van der Waals surface area contributed by atoms with Gasteiger partial charge < -0.3 is 10.3 Å². The smallest absolute Gasteiger partial charge is 0.253 e. The van der Waals surface area contributed by atoms with Gasteiger partial charge in [-0.1, -0.05) is 18.2 Å². The molecule has 0 radical (unpaired) electrons. The Kier molecular flexibility index (Phi) is 3.02. The number of aryl methyl sites for hydroxylation is 2. The molecular formula is C15H16N4O. The largest absolute Gasteiger partial charge is 0.378 e. The number of aromatic amines is 1. The third-order valence-corrected chi connectivity index (χ3v) is 3.31. The maximum Gasteiger partial charge on any atom is 0.253 e. The van der Waals surface area contributed by atoms with Crippen molar-refractivity contribution < 1.29 is 0 Å². The second-order valence-electron chi connectivity index (χ2n) is 4.87. The van der Waals surface area contributed by atoms with Crippen LogP contribution in [0, 0.1) is 6.92 Å². The Bertz CT molecular complexity index is 816. The molecule has 20 heavy (non-hydrogen) atoms. The van der Waals surface area contributed by atoms with Crippen molar-refractivity contribution in [3.63, 3.8) is 0 Å². The zero-order valence-corrected chi connectivity index (χ0v) is 11.5. The van der Waals surface area contributed by atoms with Crippen LogP contribution in [0.1, 0.15) is 11.3 Å². The van der Waals surface area contributed by atoms with E-state index in [0.29, 0.717) is 12.1 Å². The third kappa shape index (κ3) is 2.30. The molecule has 5 nitrogen and oxygen atoms in total. The number of hydrogen-bond acceptors (Lipinski definition) is 3. The molecule has 5 heteroatoms.